The Kier molecular flexibility index (Phi) is 5.91. The van der Waals surface area contributed by atoms with Crippen molar-refractivity contribution in [1.82, 2.24) is 0 Å². The summed E-state index contributed by atoms with van der Waals surface area (Å²) in [6.45, 7) is 2.37. The van der Waals surface area contributed by atoms with Crippen LogP contribution in [0.1, 0.15) is 33.1 Å². The standard InChI is InChI=1S/C10H18F3NO3/c1-3-9(14,8(15)16)5-4-6-17-7(2)10(11,12)13/h7H,3-6,14H2,1-2H3,(H,15,16). The normalized spacial score (nSPS) is 17.5. The summed E-state index contributed by atoms with van der Waals surface area (Å²) in [6, 6.07) is 0. The molecule has 4 nitrogen and oxygen atoms in total. The van der Waals surface area contributed by atoms with Gasteiger partial charge in [-0.15, -0.1) is 0 Å². The van der Waals surface area contributed by atoms with Gasteiger partial charge in [-0.05, 0) is 26.2 Å². The average Bonchev–Trinajstić information content (AvgIpc) is 2.21. The van der Waals surface area contributed by atoms with E-state index < -0.39 is 23.8 Å². The van der Waals surface area contributed by atoms with Crippen LogP contribution in [0.25, 0.3) is 0 Å². The maximum atomic E-state index is 12.1. The van der Waals surface area contributed by atoms with Crippen molar-refractivity contribution in [2.45, 2.75) is 50.9 Å². The first-order chi connectivity index (χ1) is 7.63. The first-order valence-electron chi connectivity index (χ1n) is 5.34. The summed E-state index contributed by atoms with van der Waals surface area (Å²) >= 11 is 0. The molecule has 0 radical (unpaired) electrons. The second-order valence-corrected chi connectivity index (χ2v) is 3.97. The summed E-state index contributed by atoms with van der Waals surface area (Å²) in [5.41, 5.74) is 4.18. The summed E-state index contributed by atoms with van der Waals surface area (Å²) in [4.78, 5) is 10.8. The summed E-state index contributed by atoms with van der Waals surface area (Å²) in [7, 11) is 0. The number of alkyl halides is 3. The van der Waals surface area contributed by atoms with E-state index in [1.807, 2.05) is 0 Å². The molecule has 0 rings (SSSR count). The van der Waals surface area contributed by atoms with Gasteiger partial charge in [0.2, 0.25) is 0 Å². The highest BCUT2D eigenvalue weighted by Gasteiger charge is 2.37. The molecule has 7 heteroatoms. The van der Waals surface area contributed by atoms with E-state index >= 15 is 0 Å². The lowest BCUT2D eigenvalue weighted by Crippen LogP contribution is -2.47. The molecule has 0 aliphatic heterocycles. The van der Waals surface area contributed by atoms with Crippen molar-refractivity contribution in [2.24, 2.45) is 5.73 Å². The minimum atomic E-state index is -4.39. The van der Waals surface area contributed by atoms with E-state index in [9.17, 15) is 18.0 Å². The van der Waals surface area contributed by atoms with E-state index in [4.69, 9.17) is 10.8 Å². The predicted molar refractivity (Wildman–Crippen MR) is 55.5 cm³/mol. The van der Waals surface area contributed by atoms with Crippen LogP contribution in [-0.2, 0) is 9.53 Å². The summed E-state index contributed by atoms with van der Waals surface area (Å²) in [6.07, 6.45) is -5.75. The second kappa shape index (κ2) is 6.20. The fourth-order valence-corrected chi connectivity index (χ4v) is 1.18. The van der Waals surface area contributed by atoms with Crippen LogP contribution in [-0.4, -0.2) is 35.5 Å². The fraction of sp³-hybridized carbons (Fsp3) is 0.900. The molecule has 0 fully saturated rings. The zero-order chi connectivity index (χ0) is 13.7. The average molecular weight is 257 g/mol. The van der Waals surface area contributed by atoms with Gasteiger partial charge in [-0.25, -0.2) is 0 Å². The van der Waals surface area contributed by atoms with Crippen LogP contribution < -0.4 is 5.73 Å². The molecule has 0 aliphatic carbocycles. The van der Waals surface area contributed by atoms with Crippen LogP contribution in [0.5, 0.6) is 0 Å². The molecule has 0 bridgehead atoms. The van der Waals surface area contributed by atoms with Crippen molar-refractivity contribution in [1.29, 1.82) is 0 Å². The molecule has 0 amide bonds. The van der Waals surface area contributed by atoms with E-state index in [2.05, 4.69) is 4.74 Å². The summed E-state index contributed by atoms with van der Waals surface area (Å²) in [5.74, 6) is -1.15. The Bertz CT molecular complexity index is 258. The van der Waals surface area contributed by atoms with Gasteiger partial charge in [0.05, 0.1) is 0 Å². The van der Waals surface area contributed by atoms with Gasteiger partial charge in [0.25, 0.3) is 0 Å². The van der Waals surface area contributed by atoms with Gasteiger partial charge in [0.15, 0.2) is 6.10 Å². The van der Waals surface area contributed by atoms with Crippen LogP contribution in [0.4, 0.5) is 13.2 Å². The Labute approximate surface area is 97.9 Å². The smallest absolute Gasteiger partial charge is 0.414 e. The largest absolute Gasteiger partial charge is 0.480 e. The van der Waals surface area contributed by atoms with E-state index in [0.29, 0.717) is 0 Å². The molecule has 2 atom stereocenters. The molecule has 2 unspecified atom stereocenters. The van der Waals surface area contributed by atoms with Crippen molar-refractivity contribution in [3.63, 3.8) is 0 Å². The lowest BCUT2D eigenvalue weighted by molar-refractivity contribution is -0.214. The molecule has 0 saturated carbocycles. The second-order valence-electron chi connectivity index (χ2n) is 3.97. The first-order valence-corrected chi connectivity index (χ1v) is 5.34. The van der Waals surface area contributed by atoms with Crippen molar-refractivity contribution in [3.05, 3.63) is 0 Å². The molecular weight excluding hydrogens is 239 g/mol. The number of rotatable bonds is 7. The van der Waals surface area contributed by atoms with Crippen LogP contribution in [0.15, 0.2) is 0 Å². The zero-order valence-electron chi connectivity index (χ0n) is 9.88. The molecule has 102 valence electrons. The first kappa shape index (κ1) is 16.2. The molecule has 0 aromatic carbocycles. The summed E-state index contributed by atoms with van der Waals surface area (Å²) < 4.78 is 40.7. The number of carbonyl (C=O) groups is 1. The van der Waals surface area contributed by atoms with Gasteiger partial charge >= 0.3 is 12.1 Å². The highest BCUT2D eigenvalue weighted by Crippen LogP contribution is 2.23. The number of halogens is 3. The number of hydrogen-bond donors (Lipinski definition) is 2. The Hall–Kier alpha value is -0.820. The van der Waals surface area contributed by atoms with E-state index in [1.165, 1.54) is 0 Å². The Morgan fingerprint density at radius 1 is 1.47 bits per heavy atom. The molecule has 3 N–H and O–H groups in total. The van der Waals surface area contributed by atoms with Crippen LogP contribution in [0.3, 0.4) is 0 Å². The monoisotopic (exact) mass is 257 g/mol. The number of aliphatic carboxylic acids is 1. The quantitative estimate of drug-likeness (QED) is 0.683. The number of carboxylic acids is 1. The van der Waals surface area contributed by atoms with E-state index in [1.54, 1.807) is 6.92 Å². The van der Waals surface area contributed by atoms with Crippen molar-refractivity contribution in [2.75, 3.05) is 6.61 Å². The SMILES string of the molecule is CCC(N)(CCCOC(C)C(F)(F)F)C(=O)O. The molecular formula is C10H18F3NO3. The zero-order valence-corrected chi connectivity index (χ0v) is 9.88. The van der Waals surface area contributed by atoms with Crippen LogP contribution in [0, 0.1) is 0 Å². The molecule has 0 heterocycles. The van der Waals surface area contributed by atoms with Gasteiger partial charge in [0, 0.05) is 6.61 Å². The highest BCUT2D eigenvalue weighted by molar-refractivity contribution is 5.78. The van der Waals surface area contributed by atoms with Crippen molar-refractivity contribution >= 4 is 5.97 Å². The molecule has 17 heavy (non-hydrogen) atoms. The third kappa shape index (κ3) is 5.36. The van der Waals surface area contributed by atoms with Crippen molar-refractivity contribution in [3.8, 4) is 0 Å². The van der Waals surface area contributed by atoms with Gasteiger partial charge < -0.3 is 15.6 Å². The molecule has 0 saturated heterocycles. The molecule has 0 aromatic rings. The van der Waals surface area contributed by atoms with Crippen LogP contribution >= 0.6 is 0 Å². The number of ether oxygens (including phenoxy) is 1. The third-order valence-electron chi connectivity index (χ3n) is 2.65. The van der Waals surface area contributed by atoms with Gasteiger partial charge in [0.1, 0.15) is 5.54 Å². The fourth-order valence-electron chi connectivity index (χ4n) is 1.18. The predicted octanol–water partition coefficient (Wildman–Crippen LogP) is 1.93. The van der Waals surface area contributed by atoms with Gasteiger partial charge in [-0.3, -0.25) is 4.79 Å². The Morgan fingerprint density at radius 3 is 2.35 bits per heavy atom. The van der Waals surface area contributed by atoms with E-state index in [0.717, 1.165) is 6.92 Å². The highest BCUT2D eigenvalue weighted by atomic mass is 19.4. The van der Waals surface area contributed by atoms with Gasteiger partial charge in [-0.1, -0.05) is 6.92 Å². The van der Waals surface area contributed by atoms with Crippen LogP contribution in [0.2, 0.25) is 0 Å². The Balaban J connectivity index is 3.97. The minimum absolute atomic E-state index is 0.0867. The molecule has 0 aliphatic rings. The summed E-state index contributed by atoms with van der Waals surface area (Å²) in [5, 5.41) is 8.82. The topological polar surface area (TPSA) is 72.5 Å². The van der Waals surface area contributed by atoms with Gasteiger partial charge in [-0.2, -0.15) is 13.2 Å². The lowest BCUT2D eigenvalue weighted by atomic mass is 9.92. The number of hydrogen-bond acceptors (Lipinski definition) is 3. The molecule has 0 spiro atoms. The lowest BCUT2D eigenvalue weighted by Gasteiger charge is -2.23. The van der Waals surface area contributed by atoms with E-state index in [-0.39, 0.29) is 25.9 Å². The maximum absolute atomic E-state index is 12.1. The minimum Gasteiger partial charge on any atom is -0.480 e. The number of nitrogens with two attached hydrogens (primary N) is 1. The maximum Gasteiger partial charge on any atom is 0.414 e. The molecule has 0 aromatic heterocycles. The van der Waals surface area contributed by atoms with Crippen molar-refractivity contribution < 1.29 is 27.8 Å². The number of carboxylic acid groups (broad SMARTS) is 1. The third-order valence-corrected chi connectivity index (χ3v) is 2.65. The Morgan fingerprint density at radius 2 is 2.00 bits per heavy atom.